The van der Waals surface area contributed by atoms with E-state index in [4.69, 9.17) is 4.74 Å². The first-order chi connectivity index (χ1) is 14.7. The van der Waals surface area contributed by atoms with E-state index in [0.29, 0.717) is 0 Å². The van der Waals surface area contributed by atoms with Gasteiger partial charge in [0.05, 0.1) is 19.2 Å². The molecule has 4 aromatic rings. The number of quaternary nitrogens is 1. The fourth-order valence-electron chi connectivity index (χ4n) is 5.23. The number of hydrogen-bond acceptors (Lipinski definition) is 2. The maximum Gasteiger partial charge on any atom is 0.130 e. The number of fused-ring (bicyclic) bond motifs is 5. The molecular weight excluding hydrogens is 406 g/mol. The third kappa shape index (κ3) is 4.00. The van der Waals surface area contributed by atoms with Gasteiger partial charge in [0, 0.05) is 35.9 Å². The molecule has 1 fully saturated rings. The minimum absolute atomic E-state index is 0. The van der Waals surface area contributed by atoms with Gasteiger partial charge in [-0.3, -0.25) is 4.90 Å². The molecule has 3 aromatic carbocycles. The number of likely N-dealkylation sites (tertiary alicyclic amines) is 1. The van der Waals surface area contributed by atoms with E-state index >= 15 is 0 Å². The van der Waals surface area contributed by atoms with E-state index in [-0.39, 0.29) is 12.4 Å². The number of methoxy groups -OCH3 is 1. The summed E-state index contributed by atoms with van der Waals surface area (Å²) in [4.78, 5) is 2.61. The quantitative estimate of drug-likeness (QED) is 0.480. The van der Waals surface area contributed by atoms with Crippen LogP contribution in [0.25, 0.3) is 32.6 Å². The number of benzene rings is 3. The van der Waals surface area contributed by atoms with Crippen molar-refractivity contribution in [2.75, 3.05) is 33.3 Å². The lowest BCUT2D eigenvalue weighted by Gasteiger charge is -2.25. The van der Waals surface area contributed by atoms with E-state index in [9.17, 15) is 0 Å². The zero-order valence-corrected chi connectivity index (χ0v) is 19.5. The molecule has 0 saturated carbocycles. The second-order valence-electron chi connectivity index (χ2n) is 8.73. The molecule has 164 valence electrons. The van der Waals surface area contributed by atoms with E-state index in [1.807, 2.05) is 0 Å². The average molecular weight is 438 g/mol. The SMILES string of the molecule is COc1ccc2c(c1)c1c3cc([NH2+]CCN4CCCCC4)ccc3cc(C)c1n2C.[Cl-]. The molecule has 0 atom stereocenters. The Morgan fingerprint density at radius 1 is 0.968 bits per heavy atom. The highest BCUT2D eigenvalue weighted by molar-refractivity contribution is 6.22. The first-order valence-electron chi connectivity index (χ1n) is 11.2. The van der Waals surface area contributed by atoms with Gasteiger partial charge in [0.15, 0.2) is 0 Å². The molecule has 0 aliphatic carbocycles. The Balaban J connectivity index is 0.00000231. The molecule has 0 bridgehead atoms. The van der Waals surface area contributed by atoms with Gasteiger partial charge in [0.1, 0.15) is 11.4 Å². The molecule has 5 heteroatoms. The Morgan fingerprint density at radius 3 is 2.55 bits per heavy atom. The van der Waals surface area contributed by atoms with Crippen molar-refractivity contribution >= 4 is 38.3 Å². The van der Waals surface area contributed by atoms with Crippen molar-refractivity contribution in [3.05, 3.63) is 48.0 Å². The number of nitrogens with two attached hydrogens (primary N) is 1. The first kappa shape index (κ1) is 21.9. The topological polar surface area (TPSA) is 34.0 Å². The van der Waals surface area contributed by atoms with Crippen LogP contribution in [0.15, 0.2) is 42.5 Å². The monoisotopic (exact) mass is 437 g/mol. The smallest absolute Gasteiger partial charge is 0.130 e. The lowest BCUT2D eigenvalue weighted by Crippen LogP contribution is -3.00. The molecule has 1 aliphatic heterocycles. The van der Waals surface area contributed by atoms with Crippen LogP contribution in [0, 0.1) is 6.92 Å². The van der Waals surface area contributed by atoms with Crippen LogP contribution >= 0.6 is 0 Å². The number of hydrogen-bond donors (Lipinski definition) is 1. The van der Waals surface area contributed by atoms with Crippen molar-refractivity contribution in [3.63, 3.8) is 0 Å². The highest BCUT2D eigenvalue weighted by atomic mass is 35.5. The second kappa shape index (κ2) is 9.07. The second-order valence-corrected chi connectivity index (χ2v) is 8.73. The minimum atomic E-state index is 0. The predicted octanol–water partition coefficient (Wildman–Crippen LogP) is 1.49. The maximum absolute atomic E-state index is 5.54. The van der Waals surface area contributed by atoms with Crippen LogP contribution in [-0.4, -0.2) is 42.8 Å². The molecular formula is C26H32ClN3O. The average Bonchev–Trinajstić information content (AvgIpc) is 3.07. The van der Waals surface area contributed by atoms with Gasteiger partial charge in [-0.1, -0.05) is 6.42 Å². The Labute approximate surface area is 190 Å². The molecule has 0 unspecified atom stereocenters. The van der Waals surface area contributed by atoms with Gasteiger partial charge in [-0.2, -0.15) is 0 Å². The number of piperidine rings is 1. The number of halogens is 1. The van der Waals surface area contributed by atoms with Gasteiger partial charge in [0.2, 0.25) is 0 Å². The standard InChI is InChI=1S/C26H31N3O.ClH/c1-18-15-19-7-8-20(27-11-14-29-12-5-4-6-13-29)16-22(19)25-23-17-21(30-3)9-10-24(23)28(2)26(18)25;/h7-10,15-17,27H,4-6,11-14H2,1-3H3;1H. The third-order valence-electron chi connectivity index (χ3n) is 6.77. The molecule has 0 amide bonds. The Kier molecular flexibility index (Phi) is 6.42. The van der Waals surface area contributed by atoms with Gasteiger partial charge in [-0.25, -0.2) is 0 Å². The minimum Gasteiger partial charge on any atom is -1.00 e. The zero-order chi connectivity index (χ0) is 20.7. The van der Waals surface area contributed by atoms with Crippen molar-refractivity contribution in [3.8, 4) is 5.75 Å². The summed E-state index contributed by atoms with van der Waals surface area (Å²) in [5, 5.41) is 7.66. The molecule has 5 rings (SSSR count). The van der Waals surface area contributed by atoms with Gasteiger partial charge < -0.3 is 27.0 Å². The fourth-order valence-corrected chi connectivity index (χ4v) is 5.23. The first-order valence-corrected chi connectivity index (χ1v) is 11.2. The van der Waals surface area contributed by atoms with Gasteiger partial charge >= 0.3 is 0 Å². The van der Waals surface area contributed by atoms with Crippen molar-refractivity contribution in [1.82, 2.24) is 9.47 Å². The van der Waals surface area contributed by atoms with E-state index in [0.717, 1.165) is 12.3 Å². The molecule has 31 heavy (non-hydrogen) atoms. The molecule has 2 heterocycles. The van der Waals surface area contributed by atoms with Crippen LogP contribution in [0.4, 0.5) is 5.69 Å². The maximum atomic E-state index is 5.54. The van der Waals surface area contributed by atoms with Gasteiger partial charge in [-0.15, -0.1) is 0 Å². The number of rotatable bonds is 5. The summed E-state index contributed by atoms with van der Waals surface area (Å²) in [6.45, 7) is 7.04. The zero-order valence-electron chi connectivity index (χ0n) is 18.7. The van der Waals surface area contributed by atoms with Crippen LogP contribution in [-0.2, 0) is 7.05 Å². The summed E-state index contributed by atoms with van der Waals surface area (Å²) in [5.74, 6) is 0.911. The van der Waals surface area contributed by atoms with Gasteiger partial charge in [0.25, 0.3) is 0 Å². The Morgan fingerprint density at radius 2 is 1.77 bits per heavy atom. The highest BCUT2D eigenvalue weighted by Gasteiger charge is 2.16. The van der Waals surface area contributed by atoms with Crippen molar-refractivity contribution in [2.24, 2.45) is 7.05 Å². The Bertz CT molecular complexity index is 1220. The van der Waals surface area contributed by atoms with Crippen LogP contribution in [0.1, 0.15) is 24.8 Å². The molecule has 0 spiro atoms. The number of nitrogens with zero attached hydrogens (tertiary/aromatic N) is 2. The summed E-state index contributed by atoms with van der Waals surface area (Å²) in [7, 11) is 3.91. The molecule has 2 N–H and O–H groups in total. The third-order valence-corrected chi connectivity index (χ3v) is 6.77. The van der Waals surface area contributed by atoms with Crippen LogP contribution < -0.4 is 22.5 Å². The summed E-state index contributed by atoms with van der Waals surface area (Å²) in [6, 6.07) is 15.7. The van der Waals surface area contributed by atoms with E-state index < -0.39 is 0 Å². The number of aryl methyl sites for hydroxylation is 2. The normalized spacial score (nSPS) is 14.9. The van der Waals surface area contributed by atoms with Crippen molar-refractivity contribution in [2.45, 2.75) is 26.2 Å². The van der Waals surface area contributed by atoms with Crippen LogP contribution in [0.3, 0.4) is 0 Å². The largest absolute Gasteiger partial charge is 1.00 e. The molecule has 4 nitrogen and oxygen atoms in total. The predicted molar refractivity (Wildman–Crippen MR) is 126 cm³/mol. The summed E-state index contributed by atoms with van der Waals surface area (Å²) < 4.78 is 7.86. The Hall–Kier alpha value is -2.27. The summed E-state index contributed by atoms with van der Waals surface area (Å²) in [5.41, 5.74) is 5.21. The van der Waals surface area contributed by atoms with E-state index in [1.165, 1.54) is 82.7 Å². The van der Waals surface area contributed by atoms with E-state index in [1.54, 1.807) is 7.11 Å². The van der Waals surface area contributed by atoms with Crippen molar-refractivity contribution in [1.29, 1.82) is 0 Å². The molecule has 1 aromatic heterocycles. The number of aromatic nitrogens is 1. The fraction of sp³-hybridized carbons (Fsp3) is 0.385. The summed E-state index contributed by atoms with van der Waals surface area (Å²) in [6.07, 6.45) is 4.12. The van der Waals surface area contributed by atoms with Crippen molar-refractivity contribution < 1.29 is 22.5 Å². The summed E-state index contributed by atoms with van der Waals surface area (Å²) >= 11 is 0. The number of ether oxygens (including phenoxy) is 1. The molecule has 1 aliphatic rings. The van der Waals surface area contributed by atoms with Crippen LogP contribution in [0.2, 0.25) is 0 Å². The van der Waals surface area contributed by atoms with Gasteiger partial charge in [-0.05, 0) is 85.6 Å². The van der Waals surface area contributed by atoms with Crippen LogP contribution in [0.5, 0.6) is 5.75 Å². The molecule has 1 saturated heterocycles. The lowest BCUT2D eigenvalue weighted by molar-refractivity contribution is -0.571. The molecule has 0 radical (unpaired) electrons. The lowest BCUT2D eigenvalue weighted by atomic mass is 10.00. The van der Waals surface area contributed by atoms with E-state index in [2.05, 4.69) is 71.2 Å². The highest BCUT2D eigenvalue weighted by Crippen LogP contribution is 2.38.